The summed E-state index contributed by atoms with van der Waals surface area (Å²) in [7, 11) is -5.68. The first kappa shape index (κ1) is 36.8. The number of halogens is 3. The first-order valence-corrected chi connectivity index (χ1v) is 16.6. The van der Waals surface area contributed by atoms with E-state index >= 15 is 8.78 Å². The largest absolute Gasteiger partial charge is 0.511 e. The lowest BCUT2D eigenvalue weighted by atomic mass is 10.1. The van der Waals surface area contributed by atoms with Crippen molar-refractivity contribution in [1.29, 1.82) is 5.41 Å². The van der Waals surface area contributed by atoms with Gasteiger partial charge in [-0.05, 0) is 57.0 Å². The molecule has 13 nitrogen and oxygen atoms in total. The van der Waals surface area contributed by atoms with Gasteiger partial charge >= 0.3 is 31.5 Å². The van der Waals surface area contributed by atoms with Crippen LogP contribution in [0.5, 0.6) is 0 Å². The first-order valence-electron chi connectivity index (χ1n) is 13.3. The molecule has 1 unspecified atom stereocenters. The Morgan fingerprint density at radius 1 is 0.978 bits per heavy atom. The van der Waals surface area contributed by atoms with Crippen LogP contribution in [0.25, 0.3) is 11.3 Å². The average Bonchev–Trinajstić information content (AvgIpc) is 3.31. The number of thiazole rings is 1. The van der Waals surface area contributed by atoms with E-state index in [4.69, 9.17) is 14.9 Å². The summed E-state index contributed by atoms with van der Waals surface area (Å²) in [6, 6.07) is 9.76. The van der Waals surface area contributed by atoms with E-state index in [1.807, 2.05) is 0 Å². The number of hydrogen-bond donors (Lipinski definition) is 2. The molecule has 0 bridgehead atoms. The third-order valence-electron chi connectivity index (χ3n) is 5.72. The fourth-order valence-corrected chi connectivity index (χ4v) is 6.10. The summed E-state index contributed by atoms with van der Waals surface area (Å²) in [6.07, 6.45) is -3.19. The molecule has 46 heavy (non-hydrogen) atoms. The minimum absolute atomic E-state index is 0.0643. The summed E-state index contributed by atoms with van der Waals surface area (Å²) >= 11 is 4.15. The van der Waals surface area contributed by atoms with E-state index in [0.717, 1.165) is 17.4 Å². The Bertz CT molecular complexity index is 1660. The molecule has 0 saturated carbocycles. The number of carbonyl (C=O) groups excluding carboxylic acids is 3. The Morgan fingerprint density at radius 3 is 2.13 bits per heavy atom. The van der Waals surface area contributed by atoms with Crippen molar-refractivity contribution in [1.82, 2.24) is 4.57 Å². The van der Waals surface area contributed by atoms with Crippen molar-refractivity contribution in [2.24, 2.45) is 0 Å². The maximum atomic E-state index is 15.1. The summed E-state index contributed by atoms with van der Waals surface area (Å²) in [5, 5.41) is 10.1. The topological polar surface area (TPSA) is 173 Å². The molecule has 0 spiro atoms. The highest BCUT2D eigenvalue weighted by Crippen LogP contribution is 2.64. The molecule has 0 fully saturated rings. The zero-order chi connectivity index (χ0) is 34.2. The number of benzene rings is 2. The SMILES string of the molecule is CC(C)OC(=O)OCOC(=O)c1ccc(-c2csc(=N)n2Cc2ccc(C(F)(F)P(=O)(O)OCOC(=O)OC(C)C)c(Br)c2)cc1. The zero-order valence-electron chi connectivity index (χ0n) is 24.9. The highest BCUT2D eigenvalue weighted by atomic mass is 79.9. The predicted octanol–water partition coefficient (Wildman–Crippen LogP) is 6.95. The molecule has 0 saturated heterocycles. The molecule has 2 aromatic carbocycles. The van der Waals surface area contributed by atoms with Crippen LogP contribution in [0.2, 0.25) is 0 Å². The van der Waals surface area contributed by atoms with E-state index in [1.165, 1.54) is 38.1 Å². The van der Waals surface area contributed by atoms with Crippen LogP contribution in [-0.4, -0.2) is 53.5 Å². The fourth-order valence-electron chi connectivity index (χ4n) is 3.64. The zero-order valence-corrected chi connectivity index (χ0v) is 28.2. The number of alkyl halides is 2. The summed E-state index contributed by atoms with van der Waals surface area (Å²) < 4.78 is 71.8. The molecule has 0 aliphatic carbocycles. The predicted molar refractivity (Wildman–Crippen MR) is 162 cm³/mol. The van der Waals surface area contributed by atoms with Crippen molar-refractivity contribution in [3.63, 3.8) is 0 Å². The number of hydrogen-bond acceptors (Lipinski definition) is 12. The van der Waals surface area contributed by atoms with E-state index in [9.17, 15) is 23.8 Å². The summed E-state index contributed by atoms with van der Waals surface area (Å²) in [6.45, 7) is 4.50. The standard InChI is InChI=1S/C28H30BrF2N2O11PS/c1-16(2)43-26(35)40-14-39-24(34)20-8-6-19(7-9-20)23-13-46-25(32)33(23)12-18-5-10-21(22(29)11-18)28(30,31)45(37,38)42-15-41-27(36)44-17(3)4/h5-11,13,16-17,32H,12,14-15H2,1-4H3,(H,37,38). The van der Waals surface area contributed by atoms with Crippen LogP contribution in [0.1, 0.15) is 49.2 Å². The van der Waals surface area contributed by atoms with Crippen molar-refractivity contribution in [2.75, 3.05) is 13.6 Å². The minimum Gasteiger partial charge on any atom is -0.432 e. The second-order valence-corrected chi connectivity index (χ2v) is 13.5. The minimum atomic E-state index is -5.68. The van der Waals surface area contributed by atoms with Gasteiger partial charge in [0.15, 0.2) is 4.80 Å². The number of nitrogens with one attached hydrogen (secondary N) is 1. The Balaban J connectivity index is 1.70. The molecule has 2 N–H and O–H groups in total. The van der Waals surface area contributed by atoms with Crippen molar-refractivity contribution in [2.45, 2.75) is 52.1 Å². The van der Waals surface area contributed by atoms with Crippen LogP contribution in [0.3, 0.4) is 0 Å². The third kappa shape index (κ3) is 9.69. The van der Waals surface area contributed by atoms with Crippen LogP contribution in [-0.2, 0) is 45.0 Å². The van der Waals surface area contributed by atoms with Crippen LogP contribution in [0.15, 0.2) is 52.3 Å². The van der Waals surface area contributed by atoms with Crippen molar-refractivity contribution in [3.8, 4) is 11.3 Å². The number of nitrogens with zero attached hydrogens (tertiary/aromatic N) is 1. The van der Waals surface area contributed by atoms with Gasteiger partial charge in [-0.15, -0.1) is 11.3 Å². The van der Waals surface area contributed by atoms with Gasteiger partial charge in [-0.2, -0.15) is 8.78 Å². The van der Waals surface area contributed by atoms with Gasteiger partial charge in [-0.1, -0.05) is 40.2 Å². The molecule has 3 aromatic rings. The second-order valence-electron chi connectivity index (χ2n) is 9.88. The quantitative estimate of drug-likeness (QED) is 0.0801. The number of rotatable bonds is 13. The smallest absolute Gasteiger partial charge is 0.432 e. The molecule has 18 heteroatoms. The highest BCUT2D eigenvalue weighted by molar-refractivity contribution is 9.10. The lowest BCUT2D eigenvalue weighted by Crippen LogP contribution is -2.20. The molecular weight excluding hydrogens is 721 g/mol. The molecule has 3 rings (SSSR count). The molecular formula is C28H30BrF2N2O11PS. The molecule has 0 aliphatic rings. The summed E-state index contributed by atoms with van der Waals surface area (Å²) in [5.74, 6) is -0.746. The normalized spacial score (nSPS) is 12.8. The summed E-state index contributed by atoms with van der Waals surface area (Å²) in [4.78, 5) is 45.2. The van der Waals surface area contributed by atoms with Gasteiger partial charge in [0, 0.05) is 15.4 Å². The lowest BCUT2D eigenvalue weighted by molar-refractivity contribution is -0.0346. The lowest BCUT2D eigenvalue weighted by Gasteiger charge is -2.23. The van der Waals surface area contributed by atoms with Gasteiger partial charge in [0.25, 0.3) is 0 Å². The van der Waals surface area contributed by atoms with E-state index < -0.39 is 62.9 Å². The van der Waals surface area contributed by atoms with Crippen LogP contribution < -0.4 is 4.80 Å². The van der Waals surface area contributed by atoms with Crippen molar-refractivity contribution < 1.29 is 60.8 Å². The highest BCUT2D eigenvalue weighted by Gasteiger charge is 2.54. The van der Waals surface area contributed by atoms with Crippen LogP contribution in [0, 0.1) is 5.41 Å². The molecule has 0 radical (unpaired) electrons. The summed E-state index contributed by atoms with van der Waals surface area (Å²) in [5.41, 5.74) is -3.38. The van der Waals surface area contributed by atoms with Crippen molar-refractivity contribution >= 4 is 53.1 Å². The van der Waals surface area contributed by atoms with Gasteiger partial charge in [-0.25, -0.2) is 14.4 Å². The van der Waals surface area contributed by atoms with Gasteiger partial charge < -0.3 is 33.1 Å². The number of carbonyl (C=O) groups is 3. The molecule has 0 amide bonds. The van der Waals surface area contributed by atoms with Crippen LogP contribution >= 0.6 is 34.9 Å². The maximum Gasteiger partial charge on any atom is 0.511 e. The fraction of sp³-hybridized carbons (Fsp3) is 0.357. The second kappa shape index (κ2) is 15.8. The van der Waals surface area contributed by atoms with E-state index in [1.54, 1.807) is 35.9 Å². The Labute approximate surface area is 274 Å². The molecule has 250 valence electrons. The number of esters is 1. The van der Waals surface area contributed by atoms with Gasteiger partial charge in [0.1, 0.15) is 0 Å². The Kier molecular flexibility index (Phi) is 12.6. The molecule has 1 aromatic heterocycles. The molecule has 1 atom stereocenters. The van der Waals surface area contributed by atoms with Crippen molar-refractivity contribution in [3.05, 3.63) is 73.8 Å². The van der Waals surface area contributed by atoms with Crippen LogP contribution in [0.4, 0.5) is 18.4 Å². The monoisotopic (exact) mass is 750 g/mol. The first-order chi connectivity index (χ1) is 21.5. The van der Waals surface area contributed by atoms with Gasteiger partial charge in [0.2, 0.25) is 13.6 Å². The third-order valence-corrected chi connectivity index (χ3v) is 8.57. The van der Waals surface area contributed by atoms with Gasteiger partial charge in [-0.3, -0.25) is 14.5 Å². The maximum absolute atomic E-state index is 15.1. The average molecular weight is 751 g/mol. The van der Waals surface area contributed by atoms with E-state index in [-0.39, 0.29) is 21.4 Å². The Morgan fingerprint density at radius 2 is 1.57 bits per heavy atom. The number of aromatic nitrogens is 1. The molecule has 1 heterocycles. The van der Waals surface area contributed by atoms with E-state index in [2.05, 4.69) is 34.7 Å². The molecule has 0 aliphatic heterocycles. The van der Waals surface area contributed by atoms with Gasteiger partial charge in [0.05, 0.1) is 30.0 Å². The Hall–Kier alpha value is -3.63. The van der Waals surface area contributed by atoms with E-state index in [0.29, 0.717) is 16.8 Å². The number of ether oxygens (including phenoxy) is 5.